The topological polar surface area (TPSA) is 180 Å². The number of hydrogen-bond donors (Lipinski definition) is 3. The van der Waals surface area contributed by atoms with Crippen LogP contribution in [0.3, 0.4) is 0 Å². The van der Waals surface area contributed by atoms with E-state index in [1.807, 2.05) is 36.4 Å². The number of nitrogens with one attached hydrogen (secondary N) is 2. The predicted molar refractivity (Wildman–Crippen MR) is 220 cm³/mol. The SMILES string of the molecule is CCCOCCOCCNc1ccc2c3c(cccc13)C(=O)N(CCOCCOCCN1C(=O)c3cccc4c(NCCOCCOCCN)ccc(c34)C1=O)C2=O. The minimum atomic E-state index is -0.379. The molecule has 2 aliphatic rings. The highest BCUT2D eigenvalue weighted by molar-refractivity contribution is 6.27. The maximum atomic E-state index is 13.5. The van der Waals surface area contributed by atoms with Gasteiger partial charge in [0.15, 0.2) is 0 Å². The zero-order valence-electron chi connectivity index (χ0n) is 33.1. The molecule has 4 aromatic rings. The molecule has 2 heterocycles. The first kappa shape index (κ1) is 42.6. The summed E-state index contributed by atoms with van der Waals surface area (Å²) in [4.78, 5) is 56.4. The van der Waals surface area contributed by atoms with Crippen molar-refractivity contribution in [2.24, 2.45) is 5.73 Å². The third-order valence-corrected chi connectivity index (χ3v) is 9.75. The standard InChI is InChI=1S/C43H53N5O10/c1-2-18-53-24-26-55-20-14-45-36-11-9-34-38-30(36)5-3-7-32(38)40(49)47(42(34)51)16-22-57-28-29-58-23-17-48-41(50)33-8-4-6-31-37(12-10-35(39(31)33)43(48)52)46-15-21-56-27-25-54-19-13-44/h3-12,45-46H,2,13-29,44H2,1H3. The van der Waals surface area contributed by atoms with E-state index in [0.717, 1.165) is 35.2 Å². The van der Waals surface area contributed by atoms with E-state index in [4.69, 9.17) is 34.2 Å². The smallest absolute Gasteiger partial charge is 0.261 e. The van der Waals surface area contributed by atoms with Crippen LogP contribution in [0.4, 0.5) is 11.4 Å². The molecule has 0 aliphatic carbocycles. The molecule has 58 heavy (non-hydrogen) atoms. The summed E-state index contributed by atoms with van der Waals surface area (Å²) in [7, 11) is 0. The number of amides is 4. The molecule has 0 saturated heterocycles. The highest BCUT2D eigenvalue weighted by Gasteiger charge is 2.34. The van der Waals surface area contributed by atoms with Gasteiger partial charge in [0.2, 0.25) is 0 Å². The number of nitrogens with zero attached hydrogens (tertiary/aromatic N) is 2. The van der Waals surface area contributed by atoms with Gasteiger partial charge in [0.05, 0.1) is 85.8 Å². The zero-order chi connectivity index (χ0) is 40.7. The second-order valence-corrected chi connectivity index (χ2v) is 13.6. The van der Waals surface area contributed by atoms with Gasteiger partial charge in [-0.2, -0.15) is 0 Å². The van der Waals surface area contributed by atoms with Gasteiger partial charge in [-0.3, -0.25) is 29.0 Å². The fourth-order valence-electron chi connectivity index (χ4n) is 7.03. The van der Waals surface area contributed by atoms with Gasteiger partial charge < -0.3 is 44.8 Å². The number of hydrogen-bond acceptors (Lipinski definition) is 13. The first-order valence-electron chi connectivity index (χ1n) is 19.9. The summed E-state index contributed by atoms with van der Waals surface area (Å²) in [5.74, 6) is -1.50. The number of carbonyl (C=O) groups is 4. The Morgan fingerprint density at radius 3 is 1.26 bits per heavy atom. The minimum Gasteiger partial charge on any atom is -0.382 e. The Morgan fingerprint density at radius 2 is 0.845 bits per heavy atom. The molecule has 0 saturated carbocycles. The largest absolute Gasteiger partial charge is 0.382 e. The van der Waals surface area contributed by atoms with Gasteiger partial charge in [-0.25, -0.2) is 0 Å². The van der Waals surface area contributed by atoms with Crippen LogP contribution in [0.15, 0.2) is 60.7 Å². The molecule has 0 radical (unpaired) electrons. The molecular weight excluding hydrogens is 746 g/mol. The Kier molecular flexibility index (Phi) is 15.9. The maximum Gasteiger partial charge on any atom is 0.261 e. The number of anilines is 2. The monoisotopic (exact) mass is 799 g/mol. The number of imide groups is 2. The molecule has 4 aromatic carbocycles. The average molecular weight is 800 g/mol. The molecule has 4 N–H and O–H groups in total. The maximum absolute atomic E-state index is 13.5. The fraction of sp³-hybridized carbons (Fsp3) is 0.442. The van der Waals surface area contributed by atoms with Crippen LogP contribution in [0.25, 0.3) is 21.5 Å². The Balaban J connectivity index is 0.920. The van der Waals surface area contributed by atoms with Crippen LogP contribution in [0, 0.1) is 0 Å². The van der Waals surface area contributed by atoms with Crippen molar-refractivity contribution in [1.29, 1.82) is 0 Å². The van der Waals surface area contributed by atoms with Gasteiger partial charge in [-0.15, -0.1) is 0 Å². The molecular formula is C43H53N5O10. The molecule has 0 bridgehead atoms. The van der Waals surface area contributed by atoms with E-state index in [1.54, 1.807) is 24.3 Å². The van der Waals surface area contributed by atoms with Crippen molar-refractivity contribution in [2.45, 2.75) is 13.3 Å². The molecule has 0 fully saturated rings. The molecule has 0 unspecified atom stereocenters. The summed E-state index contributed by atoms with van der Waals surface area (Å²) in [5.41, 5.74) is 8.88. The molecule has 0 aromatic heterocycles. The van der Waals surface area contributed by atoms with Crippen LogP contribution in [0.1, 0.15) is 54.8 Å². The Hall–Kier alpha value is -5.00. The second kappa shape index (κ2) is 21.7. The van der Waals surface area contributed by atoms with Crippen molar-refractivity contribution in [3.63, 3.8) is 0 Å². The van der Waals surface area contributed by atoms with E-state index in [9.17, 15) is 19.2 Å². The van der Waals surface area contributed by atoms with Crippen molar-refractivity contribution >= 4 is 56.5 Å². The third-order valence-electron chi connectivity index (χ3n) is 9.75. The van der Waals surface area contributed by atoms with Crippen LogP contribution in [-0.2, 0) is 28.4 Å². The summed E-state index contributed by atoms with van der Waals surface area (Å²) in [6, 6.07) is 18.1. The average Bonchev–Trinajstić information content (AvgIpc) is 3.24. The van der Waals surface area contributed by atoms with Gasteiger partial charge in [-0.05, 0) is 42.8 Å². The van der Waals surface area contributed by atoms with Gasteiger partial charge in [0, 0.05) is 81.4 Å². The lowest BCUT2D eigenvalue weighted by atomic mass is 9.93. The second-order valence-electron chi connectivity index (χ2n) is 13.6. The van der Waals surface area contributed by atoms with E-state index in [-0.39, 0.29) is 63.1 Å². The fourth-order valence-corrected chi connectivity index (χ4v) is 7.03. The summed E-state index contributed by atoms with van der Waals surface area (Å²) in [6.07, 6.45) is 0.970. The summed E-state index contributed by atoms with van der Waals surface area (Å²) < 4.78 is 33.4. The predicted octanol–water partition coefficient (Wildman–Crippen LogP) is 4.18. The molecule has 0 spiro atoms. The van der Waals surface area contributed by atoms with E-state index in [2.05, 4.69) is 17.6 Å². The van der Waals surface area contributed by atoms with Crippen LogP contribution >= 0.6 is 0 Å². The number of benzene rings is 4. The molecule has 15 heteroatoms. The quantitative estimate of drug-likeness (QED) is 0.0579. The van der Waals surface area contributed by atoms with E-state index in [1.165, 1.54) is 9.80 Å². The highest BCUT2D eigenvalue weighted by Crippen LogP contribution is 2.35. The lowest BCUT2D eigenvalue weighted by Gasteiger charge is -2.28. The van der Waals surface area contributed by atoms with Crippen molar-refractivity contribution in [3.05, 3.63) is 82.9 Å². The van der Waals surface area contributed by atoms with Gasteiger partial charge in [-0.1, -0.05) is 31.2 Å². The lowest BCUT2D eigenvalue weighted by Crippen LogP contribution is -2.42. The number of rotatable bonds is 27. The van der Waals surface area contributed by atoms with Crippen LogP contribution in [0.5, 0.6) is 0 Å². The summed E-state index contributed by atoms with van der Waals surface area (Å²) >= 11 is 0. The normalized spacial score (nSPS) is 13.7. The Morgan fingerprint density at radius 1 is 0.466 bits per heavy atom. The molecule has 6 rings (SSSR count). The summed E-state index contributed by atoms with van der Waals surface area (Å²) in [5, 5.41) is 9.55. The van der Waals surface area contributed by atoms with E-state index in [0.29, 0.717) is 98.9 Å². The van der Waals surface area contributed by atoms with Crippen molar-refractivity contribution in [1.82, 2.24) is 9.80 Å². The molecule has 15 nitrogen and oxygen atoms in total. The molecule has 2 aliphatic heterocycles. The third kappa shape index (κ3) is 10.2. The van der Waals surface area contributed by atoms with E-state index < -0.39 is 0 Å². The molecule has 310 valence electrons. The van der Waals surface area contributed by atoms with Crippen LogP contribution in [0.2, 0.25) is 0 Å². The van der Waals surface area contributed by atoms with Crippen LogP contribution < -0.4 is 16.4 Å². The van der Waals surface area contributed by atoms with Crippen LogP contribution in [-0.4, -0.2) is 145 Å². The van der Waals surface area contributed by atoms with E-state index >= 15 is 0 Å². The van der Waals surface area contributed by atoms with Gasteiger partial charge in [0.1, 0.15) is 0 Å². The first-order chi connectivity index (χ1) is 28.5. The molecule has 4 amide bonds. The number of carbonyl (C=O) groups excluding carboxylic acids is 4. The summed E-state index contributed by atoms with van der Waals surface area (Å²) in [6.45, 7) is 8.59. The van der Waals surface area contributed by atoms with Crippen molar-refractivity contribution in [2.75, 3.05) is 123 Å². The van der Waals surface area contributed by atoms with Crippen molar-refractivity contribution < 1.29 is 47.6 Å². The van der Waals surface area contributed by atoms with Crippen molar-refractivity contribution in [3.8, 4) is 0 Å². The van der Waals surface area contributed by atoms with Gasteiger partial charge >= 0.3 is 0 Å². The first-order valence-corrected chi connectivity index (χ1v) is 19.9. The number of nitrogens with two attached hydrogens (primary N) is 1. The molecule has 0 atom stereocenters. The Bertz CT molecular complexity index is 1870. The Labute approximate surface area is 338 Å². The van der Waals surface area contributed by atoms with Gasteiger partial charge in [0.25, 0.3) is 23.6 Å². The minimum absolute atomic E-state index is 0.0706. The highest BCUT2D eigenvalue weighted by atomic mass is 16.5. The zero-order valence-corrected chi connectivity index (χ0v) is 33.1. The lowest BCUT2D eigenvalue weighted by molar-refractivity contribution is 0.0264. The number of ether oxygens (including phenoxy) is 6.